The highest BCUT2D eigenvalue weighted by Gasteiger charge is 2.24. The number of nitrogens with one attached hydrogen (secondary N) is 1. The summed E-state index contributed by atoms with van der Waals surface area (Å²) in [6, 6.07) is 4.34. The Bertz CT molecular complexity index is 772. The molecule has 0 spiro atoms. The van der Waals surface area contributed by atoms with Crippen LogP contribution in [-0.2, 0) is 10.9 Å². The first kappa shape index (κ1) is 16.0. The van der Waals surface area contributed by atoms with Crippen molar-refractivity contribution >= 4 is 16.6 Å². The Morgan fingerprint density at radius 1 is 1.26 bits per heavy atom. The summed E-state index contributed by atoms with van der Waals surface area (Å²) in [5.41, 5.74) is 1.40. The molecular weight excluding hydrogens is 319 g/mol. The smallest absolute Gasteiger partial charge is 0.222 e. The highest BCUT2D eigenvalue weighted by Crippen LogP contribution is 2.38. The van der Waals surface area contributed by atoms with E-state index in [0.29, 0.717) is 23.1 Å². The average molecular weight is 338 g/mol. The van der Waals surface area contributed by atoms with E-state index in [9.17, 15) is 12.8 Å². The number of thiol groups is 1. The Hall–Kier alpha value is -1.89. The van der Waals surface area contributed by atoms with Crippen LogP contribution in [0.3, 0.4) is 0 Å². The van der Waals surface area contributed by atoms with E-state index in [4.69, 9.17) is 4.42 Å². The van der Waals surface area contributed by atoms with Gasteiger partial charge in [0.2, 0.25) is 10.9 Å². The lowest BCUT2D eigenvalue weighted by atomic mass is 9.85. The molecule has 0 saturated heterocycles. The van der Waals surface area contributed by atoms with Gasteiger partial charge in [-0.15, -0.1) is 0 Å². The molecule has 1 N–H and O–H groups in total. The number of hydrogen-bond acceptors (Lipinski definition) is 4. The number of halogens is 1. The van der Waals surface area contributed by atoms with Gasteiger partial charge in [-0.2, -0.15) is 0 Å². The van der Waals surface area contributed by atoms with Crippen molar-refractivity contribution < 1.29 is 17.2 Å². The molecule has 2 aromatic rings. The molecule has 0 radical (unpaired) electrons. The summed E-state index contributed by atoms with van der Waals surface area (Å²) in [6.45, 7) is 1.78. The first-order chi connectivity index (χ1) is 11.0. The van der Waals surface area contributed by atoms with Crippen LogP contribution in [0.2, 0.25) is 0 Å². The molecule has 0 unspecified atom stereocenters. The monoisotopic (exact) mass is 338 g/mol. The second-order valence-corrected chi connectivity index (χ2v) is 6.58. The second kappa shape index (κ2) is 6.70. The zero-order valence-corrected chi connectivity index (χ0v) is 13.7. The molecule has 1 heterocycles. The lowest BCUT2D eigenvalue weighted by Crippen LogP contribution is -2.06. The molecule has 1 aliphatic rings. The normalized spacial score (nSPS) is 16.0. The number of benzene rings is 1. The quantitative estimate of drug-likeness (QED) is 0.832. The minimum Gasteiger partial charge on any atom is -0.441 e. The van der Waals surface area contributed by atoms with Gasteiger partial charge in [0.15, 0.2) is 11.7 Å². The number of anilines is 1. The molecule has 23 heavy (non-hydrogen) atoms. The summed E-state index contributed by atoms with van der Waals surface area (Å²) < 4.78 is 43.2. The predicted octanol–water partition coefficient (Wildman–Crippen LogP) is 3.78. The molecule has 1 aliphatic carbocycles. The van der Waals surface area contributed by atoms with E-state index < -0.39 is 16.7 Å². The molecule has 1 aromatic carbocycles. The number of aryl methyl sites for hydroxylation is 1. The van der Waals surface area contributed by atoms with Gasteiger partial charge in [0, 0.05) is 18.4 Å². The van der Waals surface area contributed by atoms with E-state index >= 15 is 0 Å². The van der Waals surface area contributed by atoms with Crippen LogP contribution in [0, 0.1) is 12.7 Å². The summed E-state index contributed by atoms with van der Waals surface area (Å²) in [4.78, 5) is 4.51. The number of aromatic nitrogens is 1. The number of hydrogen-bond donors (Lipinski definition) is 2. The molecule has 0 bridgehead atoms. The SMILES string of the molecule is Cc1nc(C2CCCCC2)c(-c2ccc(N[SH](=O)=O)c(F)c2)o1. The lowest BCUT2D eigenvalue weighted by Gasteiger charge is -2.20. The van der Waals surface area contributed by atoms with Gasteiger partial charge >= 0.3 is 0 Å². The zero-order valence-electron chi connectivity index (χ0n) is 12.8. The van der Waals surface area contributed by atoms with Gasteiger partial charge in [-0.3, -0.25) is 4.72 Å². The minimum atomic E-state index is -2.90. The largest absolute Gasteiger partial charge is 0.441 e. The fourth-order valence-corrected chi connectivity index (χ4v) is 3.53. The summed E-state index contributed by atoms with van der Waals surface area (Å²) in [7, 11) is -2.90. The lowest BCUT2D eigenvalue weighted by molar-refractivity contribution is 0.437. The van der Waals surface area contributed by atoms with Gasteiger partial charge < -0.3 is 4.42 Å². The van der Waals surface area contributed by atoms with Crippen molar-refractivity contribution in [3.63, 3.8) is 0 Å². The van der Waals surface area contributed by atoms with Crippen molar-refractivity contribution in [3.05, 3.63) is 35.6 Å². The summed E-state index contributed by atoms with van der Waals surface area (Å²) in [6.07, 6.45) is 5.72. The van der Waals surface area contributed by atoms with E-state index in [0.717, 1.165) is 18.5 Å². The Labute approximate surface area is 136 Å². The van der Waals surface area contributed by atoms with E-state index in [-0.39, 0.29) is 5.69 Å². The van der Waals surface area contributed by atoms with Crippen LogP contribution in [0.1, 0.15) is 49.6 Å². The van der Waals surface area contributed by atoms with Gasteiger partial charge in [-0.05, 0) is 31.0 Å². The van der Waals surface area contributed by atoms with E-state index in [1.165, 1.54) is 31.4 Å². The first-order valence-corrected chi connectivity index (χ1v) is 8.90. The van der Waals surface area contributed by atoms with Crippen molar-refractivity contribution in [2.75, 3.05) is 4.72 Å². The Balaban J connectivity index is 1.96. The Kier molecular flexibility index (Phi) is 4.66. The topological polar surface area (TPSA) is 72.2 Å². The molecule has 1 fully saturated rings. The van der Waals surface area contributed by atoms with Crippen molar-refractivity contribution in [2.24, 2.45) is 0 Å². The highest BCUT2D eigenvalue weighted by molar-refractivity contribution is 7.73. The van der Waals surface area contributed by atoms with Crippen LogP contribution in [-0.4, -0.2) is 13.4 Å². The number of oxazole rings is 1. The molecule has 0 amide bonds. The maximum absolute atomic E-state index is 14.1. The average Bonchev–Trinajstić information content (AvgIpc) is 2.92. The third-order valence-corrected chi connectivity index (χ3v) is 4.62. The standard InChI is InChI=1S/C16H19FN2O3S/c1-10-18-15(11-5-3-2-4-6-11)16(22-10)12-7-8-14(13(17)9-12)19-23(20)21/h7-9,11,23H,2-6H2,1H3,(H,19,20,21). The van der Waals surface area contributed by atoms with E-state index in [1.807, 2.05) is 0 Å². The van der Waals surface area contributed by atoms with Crippen molar-refractivity contribution in [1.29, 1.82) is 0 Å². The number of nitrogens with zero attached hydrogens (tertiary/aromatic N) is 1. The summed E-state index contributed by atoms with van der Waals surface area (Å²) in [5, 5.41) is 0. The van der Waals surface area contributed by atoms with Crippen molar-refractivity contribution in [2.45, 2.75) is 44.9 Å². The maximum Gasteiger partial charge on any atom is 0.222 e. The van der Waals surface area contributed by atoms with Crippen LogP contribution >= 0.6 is 0 Å². The zero-order chi connectivity index (χ0) is 16.4. The fraction of sp³-hybridized carbons (Fsp3) is 0.438. The summed E-state index contributed by atoms with van der Waals surface area (Å²) in [5.74, 6) is 0.857. The third kappa shape index (κ3) is 3.55. The van der Waals surface area contributed by atoms with Gasteiger partial charge in [-0.1, -0.05) is 19.3 Å². The first-order valence-electron chi connectivity index (χ1n) is 7.73. The van der Waals surface area contributed by atoms with Crippen LogP contribution in [0.5, 0.6) is 0 Å². The third-order valence-electron chi connectivity index (χ3n) is 4.20. The molecule has 7 heteroatoms. The van der Waals surface area contributed by atoms with Crippen molar-refractivity contribution in [1.82, 2.24) is 4.98 Å². The molecular formula is C16H19FN2O3S. The van der Waals surface area contributed by atoms with Gasteiger partial charge in [0.25, 0.3) is 0 Å². The molecule has 3 rings (SSSR count). The van der Waals surface area contributed by atoms with Crippen LogP contribution < -0.4 is 4.72 Å². The van der Waals surface area contributed by atoms with Crippen LogP contribution in [0.25, 0.3) is 11.3 Å². The van der Waals surface area contributed by atoms with Crippen LogP contribution in [0.15, 0.2) is 22.6 Å². The number of rotatable bonds is 4. The molecule has 0 aliphatic heterocycles. The van der Waals surface area contributed by atoms with Gasteiger partial charge in [-0.25, -0.2) is 17.8 Å². The van der Waals surface area contributed by atoms with Crippen LogP contribution in [0.4, 0.5) is 10.1 Å². The molecule has 0 atom stereocenters. The molecule has 1 aromatic heterocycles. The Morgan fingerprint density at radius 3 is 2.65 bits per heavy atom. The summed E-state index contributed by atoms with van der Waals surface area (Å²) >= 11 is 0. The molecule has 124 valence electrons. The van der Waals surface area contributed by atoms with Crippen molar-refractivity contribution in [3.8, 4) is 11.3 Å². The van der Waals surface area contributed by atoms with E-state index in [2.05, 4.69) is 9.71 Å². The predicted molar refractivity (Wildman–Crippen MR) is 86.4 cm³/mol. The Morgan fingerprint density at radius 2 is 2.00 bits per heavy atom. The van der Waals surface area contributed by atoms with Gasteiger partial charge in [0.1, 0.15) is 5.82 Å². The highest BCUT2D eigenvalue weighted by atomic mass is 32.2. The fourth-order valence-electron chi connectivity index (χ4n) is 3.15. The van der Waals surface area contributed by atoms with Gasteiger partial charge in [0.05, 0.1) is 11.4 Å². The maximum atomic E-state index is 14.1. The minimum absolute atomic E-state index is 0.0692. The second-order valence-electron chi connectivity index (χ2n) is 5.85. The van der Waals surface area contributed by atoms with E-state index in [1.54, 1.807) is 13.0 Å². The molecule has 5 nitrogen and oxygen atoms in total. The molecule has 1 saturated carbocycles.